The monoisotopic (exact) mass is 275 g/mol. The smallest absolute Gasteiger partial charge is 0.394 e. The molecule has 0 saturated heterocycles. The molecule has 0 atom stereocenters. The molecule has 4 N–H and O–H groups in total. The van der Waals surface area contributed by atoms with E-state index in [9.17, 15) is 26.3 Å². The van der Waals surface area contributed by atoms with Crippen LogP contribution in [0, 0.1) is 0 Å². The summed E-state index contributed by atoms with van der Waals surface area (Å²) in [4.78, 5) is 2.73. The lowest BCUT2D eigenvalue weighted by Gasteiger charge is -2.15. The number of hydrogen-bond acceptors (Lipinski definition) is 4. The van der Waals surface area contributed by atoms with Gasteiger partial charge in [-0.1, -0.05) is 0 Å². The molecule has 0 aliphatic heterocycles. The van der Waals surface area contributed by atoms with Gasteiger partial charge in [0.2, 0.25) is 5.88 Å². The summed E-state index contributed by atoms with van der Waals surface area (Å²) >= 11 is 0. The Kier molecular flexibility index (Phi) is 3.60. The topological polar surface area (TPSA) is 74.2 Å². The first-order chi connectivity index (χ1) is 8.04. The van der Waals surface area contributed by atoms with E-state index < -0.39 is 41.9 Å². The molecule has 1 rings (SSSR count). The highest BCUT2D eigenvalue weighted by atomic mass is 19.4. The number of hydrogen-bond donors (Lipinski definition) is 2. The number of aromatic nitrogens is 1. The van der Waals surface area contributed by atoms with Gasteiger partial charge in [0.15, 0.2) is 5.69 Å². The SMILES string of the molecule is NCc1cc(N)c(OC(F)(F)F)nc1C(F)(F)F. The highest BCUT2D eigenvalue weighted by molar-refractivity contribution is 5.52. The van der Waals surface area contributed by atoms with E-state index in [-0.39, 0.29) is 0 Å². The fraction of sp³-hybridized carbons (Fsp3) is 0.375. The van der Waals surface area contributed by atoms with Gasteiger partial charge >= 0.3 is 12.5 Å². The van der Waals surface area contributed by atoms with Gasteiger partial charge in [0, 0.05) is 6.54 Å². The molecule has 0 spiro atoms. The van der Waals surface area contributed by atoms with Crippen molar-refractivity contribution in [2.75, 3.05) is 5.73 Å². The average Bonchev–Trinajstić information content (AvgIpc) is 2.16. The largest absolute Gasteiger partial charge is 0.574 e. The molecule has 0 unspecified atom stereocenters. The number of ether oxygens (including phenoxy) is 1. The van der Waals surface area contributed by atoms with Gasteiger partial charge in [-0.2, -0.15) is 13.2 Å². The normalized spacial score (nSPS) is 12.6. The molecule has 1 aromatic heterocycles. The van der Waals surface area contributed by atoms with Gasteiger partial charge in [-0.25, -0.2) is 4.98 Å². The van der Waals surface area contributed by atoms with Crippen LogP contribution in [0.15, 0.2) is 6.07 Å². The van der Waals surface area contributed by atoms with E-state index in [1.807, 2.05) is 0 Å². The molecule has 0 saturated carbocycles. The maximum atomic E-state index is 12.5. The number of halogens is 6. The second-order valence-corrected chi connectivity index (χ2v) is 3.14. The molecular weight excluding hydrogens is 268 g/mol. The lowest BCUT2D eigenvalue weighted by molar-refractivity contribution is -0.276. The zero-order valence-electron chi connectivity index (χ0n) is 8.56. The minimum atomic E-state index is -5.19. The number of nitrogens with zero attached hydrogens (tertiary/aromatic N) is 1. The van der Waals surface area contributed by atoms with Gasteiger partial charge < -0.3 is 16.2 Å². The van der Waals surface area contributed by atoms with Crippen molar-refractivity contribution in [1.29, 1.82) is 0 Å². The van der Waals surface area contributed by atoms with Crippen LogP contribution in [-0.2, 0) is 12.7 Å². The molecule has 18 heavy (non-hydrogen) atoms. The molecule has 0 aliphatic carbocycles. The lowest BCUT2D eigenvalue weighted by atomic mass is 10.1. The number of nitrogens with two attached hydrogens (primary N) is 2. The second-order valence-electron chi connectivity index (χ2n) is 3.14. The van der Waals surface area contributed by atoms with Crippen molar-refractivity contribution < 1.29 is 31.1 Å². The van der Waals surface area contributed by atoms with Crippen molar-refractivity contribution in [1.82, 2.24) is 4.98 Å². The third-order valence-electron chi connectivity index (χ3n) is 1.80. The third-order valence-corrected chi connectivity index (χ3v) is 1.80. The first-order valence-electron chi connectivity index (χ1n) is 4.37. The standard InChI is InChI=1S/C8H7F6N3O/c9-7(10,11)5-3(2-15)1-4(16)6(17-5)18-8(12,13)14/h1H,2,15-16H2. The highest BCUT2D eigenvalue weighted by Gasteiger charge is 2.38. The lowest BCUT2D eigenvalue weighted by Crippen LogP contribution is -2.22. The first-order valence-corrected chi connectivity index (χ1v) is 4.37. The molecule has 0 bridgehead atoms. The third kappa shape index (κ3) is 3.39. The van der Waals surface area contributed by atoms with Crippen molar-refractivity contribution in [3.8, 4) is 5.88 Å². The van der Waals surface area contributed by atoms with Crippen molar-refractivity contribution in [3.63, 3.8) is 0 Å². The van der Waals surface area contributed by atoms with E-state index in [4.69, 9.17) is 11.5 Å². The number of nitrogen functional groups attached to an aromatic ring is 1. The first kappa shape index (κ1) is 14.4. The molecule has 4 nitrogen and oxygen atoms in total. The summed E-state index contributed by atoms with van der Waals surface area (Å²) in [7, 11) is 0. The molecule has 1 aromatic rings. The fourth-order valence-corrected chi connectivity index (χ4v) is 1.15. The summed E-state index contributed by atoms with van der Waals surface area (Å²) < 4.78 is 76.5. The van der Waals surface area contributed by atoms with Crippen LogP contribution in [0.4, 0.5) is 32.0 Å². The van der Waals surface area contributed by atoms with Crippen LogP contribution in [0.1, 0.15) is 11.3 Å². The van der Waals surface area contributed by atoms with Gasteiger partial charge in [-0.05, 0) is 11.6 Å². The minimum absolute atomic E-state index is 0.519. The molecule has 102 valence electrons. The van der Waals surface area contributed by atoms with Gasteiger partial charge in [0.05, 0.1) is 5.69 Å². The summed E-state index contributed by atoms with van der Waals surface area (Å²) in [5, 5.41) is 0. The predicted octanol–water partition coefficient (Wildman–Crippen LogP) is 2.04. The van der Waals surface area contributed by atoms with Crippen molar-refractivity contribution in [3.05, 3.63) is 17.3 Å². The predicted molar refractivity (Wildman–Crippen MR) is 48.2 cm³/mol. The number of alkyl halides is 6. The second kappa shape index (κ2) is 4.52. The zero-order valence-corrected chi connectivity index (χ0v) is 8.56. The summed E-state index contributed by atoms with van der Waals surface area (Å²) in [5.74, 6) is -1.35. The average molecular weight is 275 g/mol. The zero-order chi connectivity index (χ0) is 14.1. The van der Waals surface area contributed by atoms with Gasteiger partial charge in [-0.3, -0.25) is 0 Å². The summed E-state index contributed by atoms with van der Waals surface area (Å²) in [6.45, 7) is -0.571. The molecular formula is C8H7F6N3O. The Morgan fingerprint density at radius 1 is 1.17 bits per heavy atom. The minimum Gasteiger partial charge on any atom is -0.394 e. The maximum Gasteiger partial charge on any atom is 0.574 e. The van der Waals surface area contributed by atoms with Crippen LogP contribution >= 0.6 is 0 Å². The van der Waals surface area contributed by atoms with E-state index in [2.05, 4.69) is 9.72 Å². The Morgan fingerprint density at radius 2 is 1.72 bits per heavy atom. The van der Waals surface area contributed by atoms with Gasteiger partial charge in [0.1, 0.15) is 0 Å². The van der Waals surface area contributed by atoms with E-state index in [0.29, 0.717) is 6.07 Å². The van der Waals surface area contributed by atoms with Crippen molar-refractivity contribution >= 4 is 5.69 Å². The van der Waals surface area contributed by atoms with E-state index in [1.54, 1.807) is 0 Å². The van der Waals surface area contributed by atoms with E-state index in [0.717, 1.165) is 0 Å². The fourth-order valence-electron chi connectivity index (χ4n) is 1.15. The molecule has 0 aromatic carbocycles. The molecule has 1 heterocycles. The van der Waals surface area contributed by atoms with Crippen LogP contribution in [0.2, 0.25) is 0 Å². The summed E-state index contributed by atoms with van der Waals surface area (Å²) in [6, 6.07) is 0.650. The number of rotatable bonds is 2. The summed E-state index contributed by atoms with van der Waals surface area (Å²) in [5.41, 5.74) is 7.39. The van der Waals surface area contributed by atoms with Crippen LogP contribution < -0.4 is 16.2 Å². The maximum absolute atomic E-state index is 12.5. The van der Waals surface area contributed by atoms with Crippen LogP contribution in [0.25, 0.3) is 0 Å². The Bertz CT molecular complexity index is 442. The Hall–Kier alpha value is -1.71. The van der Waals surface area contributed by atoms with Crippen LogP contribution in [0.5, 0.6) is 5.88 Å². The number of pyridine rings is 1. The van der Waals surface area contributed by atoms with Gasteiger partial charge in [0.25, 0.3) is 0 Å². The van der Waals surface area contributed by atoms with E-state index in [1.165, 1.54) is 0 Å². The highest BCUT2D eigenvalue weighted by Crippen LogP contribution is 2.35. The van der Waals surface area contributed by atoms with Gasteiger partial charge in [-0.15, -0.1) is 13.2 Å². The Labute approximate surface area is 96.5 Å². The molecule has 10 heteroatoms. The number of anilines is 1. The molecule has 0 fully saturated rings. The quantitative estimate of drug-likeness (QED) is 0.810. The van der Waals surface area contributed by atoms with Crippen LogP contribution in [0.3, 0.4) is 0 Å². The molecule has 0 aliphatic rings. The molecule has 0 radical (unpaired) electrons. The molecule has 0 amide bonds. The Balaban J connectivity index is 3.31. The van der Waals surface area contributed by atoms with Crippen molar-refractivity contribution in [2.24, 2.45) is 5.73 Å². The Morgan fingerprint density at radius 3 is 2.11 bits per heavy atom. The van der Waals surface area contributed by atoms with E-state index >= 15 is 0 Å². The van der Waals surface area contributed by atoms with Crippen LogP contribution in [-0.4, -0.2) is 11.3 Å². The van der Waals surface area contributed by atoms with Crippen molar-refractivity contribution in [2.45, 2.75) is 19.1 Å². The summed E-state index contributed by atoms with van der Waals surface area (Å²) in [6.07, 6.45) is -10.1.